The zero-order valence-corrected chi connectivity index (χ0v) is 14.3. The average Bonchev–Trinajstić information content (AvgIpc) is 2.60. The van der Waals surface area contributed by atoms with E-state index in [-0.39, 0.29) is 5.75 Å². The Labute approximate surface area is 149 Å². The summed E-state index contributed by atoms with van der Waals surface area (Å²) >= 11 is 5.16. The van der Waals surface area contributed by atoms with Crippen LogP contribution >= 0.6 is 12.2 Å². The summed E-state index contributed by atoms with van der Waals surface area (Å²) in [6.07, 6.45) is 0. The van der Waals surface area contributed by atoms with Gasteiger partial charge in [0.1, 0.15) is 23.9 Å². The molecular formula is C17H18F2N2O3S. The quantitative estimate of drug-likeness (QED) is 0.548. The lowest BCUT2D eigenvalue weighted by Crippen LogP contribution is -2.31. The molecule has 5 nitrogen and oxygen atoms in total. The van der Waals surface area contributed by atoms with Crippen molar-refractivity contribution in [3.63, 3.8) is 0 Å². The number of hydrogen-bond donors (Lipinski definition) is 2. The molecule has 2 rings (SSSR count). The van der Waals surface area contributed by atoms with Crippen LogP contribution < -0.4 is 24.8 Å². The fourth-order valence-electron chi connectivity index (χ4n) is 1.90. The van der Waals surface area contributed by atoms with E-state index in [4.69, 9.17) is 21.7 Å². The first kappa shape index (κ1) is 18.7. The molecule has 0 aliphatic rings. The lowest BCUT2D eigenvalue weighted by atomic mass is 10.3. The monoisotopic (exact) mass is 368 g/mol. The van der Waals surface area contributed by atoms with E-state index in [9.17, 15) is 8.78 Å². The zero-order chi connectivity index (χ0) is 18.1. The van der Waals surface area contributed by atoms with Gasteiger partial charge in [-0.3, -0.25) is 0 Å². The fourth-order valence-corrected chi connectivity index (χ4v) is 2.12. The van der Waals surface area contributed by atoms with E-state index in [0.717, 1.165) is 11.5 Å². The molecule has 0 atom stereocenters. The molecule has 0 saturated heterocycles. The summed E-state index contributed by atoms with van der Waals surface area (Å²) in [5.74, 6) is 1.59. The molecule has 0 spiro atoms. The topological polar surface area (TPSA) is 51.8 Å². The van der Waals surface area contributed by atoms with E-state index < -0.39 is 6.61 Å². The van der Waals surface area contributed by atoms with Gasteiger partial charge in [-0.25, -0.2) is 0 Å². The summed E-state index contributed by atoms with van der Waals surface area (Å²) in [6, 6.07) is 13.3. The number of methoxy groups -OCH3 is 1. The van der Waals surface area contributed by atoms with Crippen LogP contribution in [0.2, 0.25) is 0 Å². The van der Waals surface area contributed by atoms with Gasteiger partial charge in [0.05, 0.1) is 13.7 Å². The van der Waals surface area contributed by atoms with Gasteiger partial charge >= 0.3 is 6.61 Å². The van der Waals surface area contributed by atoms with Crippen molar-refractivity contribution in [2.75, 3.05) is 25.6 Å². The number of anilines is 1. The van der Waals surface area contributed by atoms with Crippen molar-refractivity contribution >= 4 is 23.0 Å². The predicted octanol–water partition coefficient (Wildman–Crippen LogP) is 3.66. The first-order chi connectivity index (χ1) is 12.1. The highest BCUT2D eigenvalue weighted by Gasteiger charge is 2.04. The van der Waals surface area contributed by atoms with E-state index in [2.05, 4.69) is 15.4 Å². The SMILES string of the molecule is COc1ccc(OCCNC(=S)Nc2ccc(OC(F)F)cc2)cc1. The lowest BCUT2D eigenvalue weighted by molar-refractivity contribution is -0.0498. The molecule has 2 N–H and O–H groups in total. The molecule has 8 heteroatoms. The van der Waals surface area contributed by atoms with E-state index in [1.54, 1.807) is 19.2 Å². The van der Waals surface area contributed by atoms with Crippen molar-refractivity contribution in [2.45, 2.75) is 6.61 Å². The first-order valence-electron chi connectivity index (χ1n) is 7.43. The molecule has 0 aliphatic heterocycles. The van der Waals surface area contributed by atoms with Gasteiger partial charge in [0.25, 0.3) is 0 Å². The zero-order valence-electron chi connectivity index (χ0n) is 13.5. The van der Waals surface area contributed by atoms with Crippen LogP contribution in [-0.2, 0) is 0 Å². The number of alkyl halides is 2. The van der Waals surface area contributed by atoms with Crippen LogP contribution in [0.1, 0.15) is 0 Å². The molecule has 25 heavy (non-hydrogen) atoms. The molecule has 0 amide bonds. The van der Waals surface area contributed by atoms with Crippen LogP contribution in [0.25, 0.3) is 0 Å². The van der Waals surface area contributed by atoms with Gasteiger partial charge < -0.3 is 24.8 Å². The number of thiocarbonyl (C=S) groups is 1. The smallest absolute Gasteiger partial charge is 0.387 e. The number of ether oxygens (including phenoxy) is 3. The van der Waals surface area contributed by atoms with Crippen LogP contribution in [0.3, 0.4) is 0 Å². The van der Waals surface area contributed by atoms with Gasteiger partial charge in [0.15, 0.2) is 5.11 Å². The van der Waals surface area contributed by atoms with Gasteiger partial charge in [-0.05, 0) is 60.7 Å². The van der Waals surface area contributed by atoms with Crippen molar-refractivity contribution in [3.8, 4) is 17.2 Å². The average molecular weight is 368 g/mol. The Morgan fingerprint density at radius 3 is 2.20 bits per heavy atom. The Morgan fingerprint density at radius 2 is 1.60 bits per heavy atom. The number of benzene rings is 2. The third kappa shape index (κ3) is 6.80. The molecule has 0 unspecified atom stereocenters. The van der Waals surface area contributed by atoms with Crippen molar-refractivity contribution < 1.29 is 23.0 Å². The van der Waals surface area contributed by atoms with Crippen molar-refractivity contribution in [3.05, 3.63) is 48.5 Å². The van der Waals surface area contributed by atoms with Crippen molar-refractivity contribution in [2.24, 2.45) is 0 Å². The Kier molecular flexibility index (Phi) is 7.21. The van der Waals surface area contributed by atoms with Crippen molar-refractivity contribution in [1.29, 1.82) is 0 Å². The van der Waals surface area contributed by atoms with E-state index in [1.807, 2.05) is 24.3 Å². The first-order valence-corrected chi connectivity index (χ1v) is 7.84. The summed E-state index contributed by atoms with van der Waals surface area (Å²) in [6.45, 7) is -1.91. The van der Waals surface area contributed by atoms with Crippen LogP contribution in [0.15, 0.2) is 48.5 Å². The van der Waals surface area contributed by atoms with E-state index >= 15 is 0 Å². The van der Waals surface area contributed by atoms with Crippen LogP contribution in [0.4, 0.5) is 14.5 Å². The summed E-state index contributed by atoms with van der Waals surface area (Å²) in [4.78, 5) is 0. The molecular weight excluding hydrogens is 350 g/mol. The highest BCUT2D eigenvalue weighted by Crippen LogP contribution is 2.18. The highest BCUT2D eigenvalue weighted by molar-refractivity contribution is 7.80. The standard InChI is InChI=1S/C17H18F2N2O3S/c1-22-13-6-8-14(9-7-13)23-11-10-20-17(25)21-12-2-4-15(5-3-12)24-16(18)19/h2-9,16H,10-11H2,1H3,(H2,20,21,25). The second kappa shape index (κ2) is 9.63. The van der Waals surface area contributed by atoms with Gasteiger partial charge in [-0.2, -0.15) is 8.78 Å². The molecule has 0 radical (unpaired) electrons. The van der Waals surface area contributed by atoms with Gasteiger partial charge in [-0.1, -0.05) is 0 Å². The minimum Gasteiger partial charge on any atom is -0.497 e. The normalized spacial score (nSPS) is 10.2. The Hall–Kier alpha value is -2.61. The van der Waals surface area contributed by atoms with Crippen LogP contribution in [-0.4, -0.2) is 32.0 Å². The summed E-state index contributed by atoms with van der Waals surface area (Å²) in [5.41, 5.74) is 0.662. The summed E-state index contributed by atoms with van der Waals surface area (Å²) in [5, 5.41) is 6.34. The van der Waals surface area contributed by atoms with Gasteiger partial charge in [-0.15, -0.1) is 0 Å². The minimum absolute atomic E-state index is 0.0901. The Bertz CT molecular complexity index is 667. The largest absolute Gasteiger partial charge is 0.497 e. The Morgan fingerprint density at radius 1 is 1.00 bits per heavy atom. The Balaban J connectivity index is 1.67. The number of nitrogens with one attached hydrogen (secondary N) is 2. The van der Waals surface area contributed by atoms with E-state index in [0.29, 0.717) is 24.0 Å². The molecule has 2 aromatic carbocycles. The maximum absolute atomic E-state index is 12.1. The maximum atomic E-state index is 12.1. The second-order valence-electron chi connectivity index (χ2n) is 4.81. The third-order valence-electron chi connectivity index (χ3n) is 3.05. The molecule has 0 aromatic heterocycles. The number of hydrogen-bond acceptors (Lipinski definition) is 4. The van der Waals surface area contributed by atoms with Crippen LogP contribution in [0, 0.1) is 0 Å². The highest BCUT2D eigenvalue weighted by atomic mass is 32.1. The van der Waals surface area contributed by atoms with Gasteiger partial charge in [0.2, 0.25) is 0 Å². The number of halogens is 2. The molecule has 0 bridgehead atoms. The summed E-state index contributed by atoms with van der Waals surface area (Å²) < 4.78 is 39.1. The predicted molar refractivity (Wildman–Crippen MR) is 95.8 cm³/mol. The van der Waals surface area contributed by atoms with E-state index in [1.165, 1.54) is 12.1 Å². The molecule has 2 aromatic rings. The maximum Gasteiger partial charge on any atom is 0.387 e. The second-order valence-corrected chi connectivity index (χ2v) is 5.22. The fraction of sp³-hybridized carbons (Fsp3) is 0.235. The molecule has 0 fully saturated rings. The number of rotatable bonds is 8. The molecule has 0 saturated carbocycles. The lowest BCUT2D eigenvalue weighted by Gasteiger charge is -2.12. The van der Waals surface area contributed by atoms with Crippen molar-refractivity contribution in [1.82, 2.24) is 5.32 Å². The van der Waals surface area contributed by atoms with Crippen LogP contribution in [0.5, 0.6) is 17.2 Å². The summed E-state index contributed by atoms with van der Waals surface area (Å²) in [7, 11) is 1.60. The molecule has 0 heterocycles. The molecule has 134 valence electrons. The third-order valence-corrected chi connectivity index (χ3v) is 3.30. The van der Waals surface area contributed by atoms with Gasteiger partial charge in [0, 0.05) is 5.69 Å². The minimum atomic E-state index is -2.84. The molecule has 0 aliphatic carbocycles.